The van der Waals surface area contributed by atoms with Crippen molar-refractivity contribution < 1.29 is 9.72 Å². The molecule has 1 aromatic carbocycles. The maximum Gasteiger partial charge on any atom is 0.269 e. The van der Waals surface area contributed by atoms with Gasteiger partial charge in [0.1, 0.15) is 0 Å². The SMILES string of the molecule is Cc1cc([N+](=O)[O-])ccc1N1CCC(N2CCN(C)C(=O)C2)CC1. The predicted molar refractivity (Wildman–Crippen MR) is 92.3 cm³/mol. The fourth-order valence-corrected chi connectivity index (χ4v) is 3.67. The van der Waals surface area contributed by atoms with Crippen LogP contribution in [0.25, 0.3) is 0 Å². The number of hydrogen-bond donors (Lipinski definition) is 0. The van der Waals surface area contributed by atoms with Crippen LogP contribution in [0.1, 0.15) is 18.4 Å². The minimum absolute atomic E-state index is 0.141. The first-order valence-corrected chi connectivity index (χ1v) is 8.43. The molecule has 0 atom stereocenters. The standard InChI is InChI=1S/C17H24N4O3/c1-13-11-15(21(23)24)3-4-16(13)19-7-5-14(6-8-19)20-10-9-18(2)17(22)12-20/h3-4,11,14H,5-10,12H2,1-2H3. The van der Waals surface area contributed by atoms with Gasteiger partial charge in [0.2, 0.25) is 5.91 Å². The van der Waals surface area contributed by atoms with Crippen molar-refractivity contribution in [2.75, 3.05) is 44.7 Å². The number of carbonyl (C=O) groups is 1. The summed E-state index contributed by atoms with van der Waals surface area (Å²) in [6.07, 6.45) is 2.04. The molecular weight excluding hydrogens is 308 g/mol. The Bertz CT molecular complexity index is 641. The van der Waals surface area contributed by atoms with Crippen molar-refractivity contribution in [3.63, 3.8) is 0 Å². The number of hydrogen-bond acceptors (Lipinski definition) is 5. The third kappa shape index (κ3) is 3.36. The number of rotatable bonds is 3. The van der Waals surface area contributed by atoms with E-state index in [4.69, 9.17) is 0 Å². The largest absolute Gasteiger partial charge is 0.371 e. The summed E-state index contributed by atoms with van der Waals surface area (Å²) in [4.78, 5) is 28.8. The molecule has 1 amide bonds. The van der Waals surface area contributed by atoms with E-state index in [0.717, 1.165) is 50.3 Å². The maximum absolute atomic E-state index is 11.9. The van der Waals surface area contributed by atoms with Crippen molar-refractivity contribution in [1.82, 2.24) is 9.80 Å². The van der Waals surface area contributed by atoms with Gasteiger partial charge in [0.05, 0.1) is 11.5 Å². The first-order chi connectivity index (χ1) is 11.5. The summed E-state index contributed by atoms with van der Waals surface area (Å²) in [5.74, 6) is 0.204. The molecule has 130 valence electrons. The summed E-state index contributed by atoms with van der Waals surface area (Å²) in [5, 5.41) is 10.9. The molecule has 7 heteroatoms. The van der Waals surface area contributed by atoms with Gasteiger partial charge in [-0.1, -0.05) is 0 Å². The number of piperazine rings is 1. The summed E-state index contributed by atoms with van der Waals surface area (Å²) < 4.78 is 0. The molecule has 0 saturated carbocycles. The molecule has 0 spiro atoms. The monoisotopic (exact) mass is 332 g/mol. The highest BCUT2D eigenvalue weighted by Crippen LogP contribution is 2.28. The molecule has 0 unspecified atom stereocenters. The molecule has 2 aliphatic rings. The lowest BCUT2D eigenvalue weighted by molar-refractivity contribution is -0.384. The van der Waals surface area contributed by atoms with Crippen LogP contribution in [0.5, 0.6) is 0 Å². The van der Waals surface area contributed by atoms with Gasteiger partial charge in [0.25, 0.3) is 5.69 Å². The molecule has 24 heavy (non-hydrogen) atoms. The lowest BCUT2D eigenvalue weighted by Crippen LogP contribution is -2.54. The molecule has 0 aliphatic carbocycles. The van der Waals surface area contributed by atoms with E-state index in [1.807, 2.05) is 20.0 Å². The van der Waals surface area contributed by atoms with Crippen LogP contribution >= 0.6 is 0 Å². The number of benzene rings is 1. The Morgan fingerprint density at radius 1 is 1.17 bits per heavy atom. The Labute approximate surface area is 142 Å². The van der Waals surface area contributed by atoms with E-state index < -0.39 is 0 Å². The van der Waals surface area contributed by atoms with Gasteiger partial charge >= 0.3 is 0 Å². The number of amides is 1. The average molecular weight is 332 g/mol. The van der Waals surface area contributed by atoms with Gasteiger partial charge in [-0.3, -0.25) is 19.8 Å². The molecule has 2 saturated heterocycles. The number of nitro benzene ring substituents is 1. The Balaban J connectivity index is 1.61. The van der Waals surface area contributed by atoms with Gasteiger partial charge in [0, 0.05) is 57.1 Å². The van der Waals surface area contributed by atoms with Crippen LogP contribution in [0.3, 0.4) is 0 Å². The number of likely N-dealkylation sites (N-methyl/N-ethyl adjacent to an activating group) is 1. The van der Waals surface area contributed by atoms with Gasteiger partial charge in [-0.25, -0.2) is 0 Å². The first kappa shape index (κ1) is 16.7. The summed E-state index contributed by atoms with van der Waals surface area (Å²) in [5.41, 5.74) is 2.16. The molecule has 2 aliphatic heterocycles. The van der Waals surface area contributed by atoms with Gasteiger partial charge in [-0.05, 0) is 31.4 Å². The Morgan fingerprint density at radius 3 is 2.46 bits per heavy atom. The molecule has 2 heterocycles. The van der Waals surface area contributed by atoms with E-state index >= 15 is 0 Å². The second-order valence-electron chi connectivity index (χ2n) is 6.73. The fraction of sp³-hybridized carbons (Fsp3) is 0.588. The van der Waals surface area contributed by atoms with E-state index in [9.17, 15) is 14.9 Å². The van der Waals surface area contributed by atoms with Crippen LogP contribution in [-0.2, 0) is 4.79 Å². The van der Waals surface area contributed by atoms with Gasteiger partial charge in [-0.2, -0.15) is 0 Å². The highest BCUT2D eigenvalue weighted by molar-refractivity contribution is 5.78. The third-order valence-electron chi connectivity index (χ3n) is 5.20. The lowest BCUT2D eigenvalue weighted by atomic mass is 10.0. The summed E-state index contributed by atoms with van der Waals surface area (Å²) in [6, 6.07) is 5.53. The molecule has 1 aromatic rings. The van der Waals surface area contributed by atoms with Crippen molar-refractivity contribution >= 4 is 17.3 Å². The second kappa shape index (κ2) is 6.76. The molecule has 3 rings (SSSR count). The number of nitrogens with zero attached hydrogens (tertiary/aromatic N) is 4. The minimum atomic E-state index is -0.354. The van der Waals surface area contributed by atoms with Crippen LogP contribution in [0.4, 0.5) is 11.4 Å². The Kier molecular flexibility index (Phi) is 4.71. The quantitative estimate of drug-likeness (QED) is 0.622. The van der Waals surface area contributed by atoms with Crippen molar-refractivity contribution in [2.45, 2.75) is 25.8 Å². The fourth-order valence-electron chi connectivity index (χ4n) is 3.67. The van der Waals surface area contributed by atoms with Crippen LogP contribution < -0.4 is 4.90 Å². The zero-order chi connectivity index (χ0) is 17.3. The summed E-state index contributed by atoms with van der Waals surface area (Å²) in [7, 11) is 1.86. The highest BCUT2D eigenvalue weighted by atomic mass is 16.6. The molecular formula is C17H24N4O3. The van der Waals surface area contributed by atoms with Crippen LogP contribution in [0.15, 0.2) is 18.2 Å². The van der Waals surface area contributed by atoms with E-state index in [2.05, 4.69) is 9.80 Å². The summed E-state index contributed by atoms with van der Waals surface area (Å²) in [6.45, 7) is 6.04. The average Bonchev–Trinajstić information content (AvgIpc) is 2.57. The predicted octanol–water partition coefficient (Wildman–Crippen LogP) is 1.65. The number of anilines is 1. The molecule has 2 fully saturated rings. The number of nitro groups is 1. The van der Waals surface area contributed by atoms with Gasteiger partial charge in [0.15, 0.2) is 0 Å². The highest BCUT2D eigenvalue weighted by Gasteiger charge is 2.30. The number of aryl methyl sites for hydroxylation is 1. The Hall–Kier alpha value is -2.15. The number of piperidine rings is 1. The van der Waals surface area contributed by atoms with Crippen LogP contribution in [0, 0.1) is 17.0 Å². The van der Waals surface area contributed by atoms with Crippen molar-refractivity contribution in [1.29, 1.82) is 0 Å². The van der Waals surface area contributed by atoms with E-state index in [1.165, 1.54) is 0 Å². The smallest absolute Gasteiger partial charge is 0.269 e. The van der Waals surface area contributed by atoms with E-state index in [0.29, 0.717) is 12.6 Å². The molecule has 7 nitrogen and oxygen atoms in total. The molecule has 0 aromatic heterocycles. The molecule has 0 radical (unpaired) electrons. The topological polar surface area (TPSA) is 69.9 Å². The van der Waals surface area contributed by atoms with Crippen LogP contribution in [-0.4, -0.2) is 66.4 Å². The van der Waals surface area contributed by atoms with E-state index in [-0.39, 0.29) is 16.5 Å². The zero-order valence-electron chi connectivity index (χ0n) is 14.3. The zero-order valence-corrected chi connectivity index (χ0v) is 14.3. The number of carbonyl (C=O) groups excluding carboxylic acids is 1. The van der Waals surface area contributed by atoms with Crippen molar-refractivity contribution in [2.24, 2.45) is 0 Å². The summed E-state index contributed by atoms with van der Waals surface area (Å²) >= 11 is 0. The van der Waals surface area contributed by atoms with Gasteiger partial charge < -0.3 is 9.80 Å². The normalized spacial score (nSPS) is 20.5. The molecule has 0 N–H and O–H groups in total. The lowest BCUT2D eigenvalue weighted by Gasteiger charge is -2.42. The Morgan fingerprint density at radius 2 is 1.88 bits per heavy atom. The van der Waals surface area contributed by atoms with E-state index in [1.54, 1.807) is 17.0 Å². The first-order valence-electron chi connectivity index (χ1n) is 8.43. The van der Waals surface area contributed by atoms with Crippen molar-refractivity contribution in [3.8, 4) is 0 Å². The van der Waals surface area contributed by atoms with Gasteiger partial charge in [-0.15, -0.1) is 0 Å². The minimum Gasteiger partial charge on any atom is -0.371 e. The van der Waals surface area contributed by atoms with Crippen molar-refractivity contribution in [3.05, 3.63) is 33.9 Å². The molecule has 0 bridgehead atoms. The number of non-ortho nitro benzene ring substituents is 1. The maximum atomic E-state index is 11.9. The third-order valence-corrected chi connectivity index (χ3v) is 5.20. The van der Waals surface area contributed by atoms with Crippen LogP contribution in [0.2, 0.25) is 0 Å². The second-order valence-corrected chi connectivity index (χ2v) is 6.73.